The number of amides is 1. The number of fused-ring (bicyclic) bond motifs is 2. The van der Waals surface area contributed by atoms with Crippen LogP contribution in [0.4, 0.5) is 11.4 Å². The van der Waals surface area contributed by atoms with Gasteiger partial charge in [-0.2, -0.15) is 0 Å². The first kappa shape index (κ1) is 19.3. The molecule has 0 spiro atoms. The molecule has 0 fully saturated rings. The Kier molecular flexibility index (Phi) is 4.92. The molecule has 5 rings (SSSR count). The van der Waals surface area contributed by atoms with Crippen molar-refractivity contribution in [3.63, 3.8) is 0 Å². The third-order valence-corrected chi connectivity index (χ3v) is 5.40. The minimum absolute atomic E-state index is 0.106. The van der Waals surface area contributed by atoms with Gasteiger partial charge in [-0.1, -0.05) is 42.5 Å². The van der Waals surface area contributed by atoms with Gasteiger partial charge in [-0.25, -0.2) is 0 Å². The number of aliphatic imine (C=N–C) groups is 1. The van der Waals surface area contributed by atoms with Crippen LogP contribution in [-0.4, -0.2) is 37.4 Å². The minimum atomic E-state index is -0.534. The van der Waals surface area contributed by atoms with Gasteiger partial charge in [0.25, 0.3) is 0 Å². The Balaban J connectivity index is 1.58. The quantitative estimate of drug-likeness (QED) is 0.633. The predicted octanol–water partition coefficient (Wildman–Crippen LogP) is 4.33. The topological polar surface area (TPSA) is 63.2 Å². The Morgan fingerprint density at radius 2 is 1.74 bits per heavy atom. The van der Waals surface area contributed by atoms with Crippen LogP contribution in [0.3, 0.4) is 0 Å². The van der Waals surface area contributed by atoms with Gasteiger partial charge in [-0.05, 0) is 49.0 Å². The van der Waals surface area contributed by atoms with E-state index in [1.54, 1.807) is 0 Å². The van der Waals surface area contributed by atoms with E-state index in [2.05, 4.69) is 22.3 Å². The lowest BCUT2D eigenvalue weighted by Gasteiger charge is -2.14. The van der Waals surface area contributed by atoms with Gasteiger partial charge in [-0.15, -0.1) is 0 Å². The summed E-state index contributed by atoms with van der Waals surface area (Å²) in [5.41, 5.74) is 5.22. The van der Waals surface area contributed by atoms with E-state index in [4.69, 9.17) is 14.5 Å². The standard InChI is InChI=1S/C25H23N3O3/c1-28(2)14-16-8-10-18(11-9-16)26-24(17-6-4-3-5-7-17)23-19-12-21-22(31-15-30-21)13-20(19)27-25(23)29/h3-13,23H,14-15H2,1-2H3,(H,27,29). The third kappa shape index (κ3) is 3.78. The van der Waals surface area contributed by atoms with E-state index in [9.17, 15) is 4.79 Å². The molecule has 156 valence electrons. The number of carbonyl (C=O) groups excluding carboxylic acids is 1. The van der Waals surface area contributed by atoms with Crippen LogP contribution in [0.1, 0.15) is 22.6 Å². The number of nitrogens with one attached hydrogen (secondary N) is 1. The van der Waals surface area contributed by atoms with Crippen LogP contribution in [0.25, 0.3) is 0 Å². The first-order valence-corrected chi connectivity index (χ1v) is 10.2. The molecule has 1 unspecified atom stereocenters. The Labute approximate surface area is 181 Å². The highest BCUT2D eigenvalue weighted by Gasteiger charge is 2.37. The summed E-state index contributed by atoms with van der Waals surface area (Å²) in [6, 6.07) is 21.7. The zero-order valence-corrected chi connectivity index (χ0v) is 17.5. The van der Waals surface area contributed by atoms with E-state index in [0.717, 1.165) is 29.0 Å². The number of rotatable bonds is 5. The van der Waals surface area contributed by atoms with E-state index in [1.807, 2.05) is 68.7 Å². The lowest BCUT2D eigenvalue weighted by Crippen LogP contribution is -2.22. The zero-order valence-electron chi connectivity index (χ0n) is 17.5. The first-order valence-electron chi connectivity index (χ1n) is 10.2. The van der Waals surface area contributed by atoms with Gasteiger partial charge in [-0.3, -0.25) is 9.79 Å². The average molecular weight is 413 g/mol. The van der Waals surface area contributed by atoms with Crippen molar-refractivity contribution in [2.45, 2.75) is 12.5 Å². The van der Waals surface area contributed by atoms with Crippen LogP contribution in [0.15, 0.2) is 71.7 Å². The van der Waals surface area contributed by atoms with Crippen molar-refractivity contribution in [3.05, 3.63) is 83.4 Å². The van der Waals surface area contributed by atoms with Gasteiger partial charge in [0, 0.05) is 18.3 Å². The Morgan fingerprint density at radius 1 is 1.03 bits per heavy atom. The van der Waals surface area contributed by atoms with E-state index in [1.165, 1.54) is 5.56 Å². The second kappa shape index (κ2) is 7.89. The van der Waals surface area contributed by atoms with Crippen LogP contribution >= 0.6 is 0 Å². The molecule has 6 nitrogen and oxygen atoms in total. The molecule has 0 bridgehead atoms. The number of anilines is 1. The van der Waals surface area contributed by atoms with Crippen molar-refractivity contribution in [2.75, 3.05) is 26.2 Å². The third-order valence-electron chi connectivity index (χ3n) is 5.40. The van der Waals surface area contributed by atoms with E-state index >= 15 is 0 Å². The molecule has 6 heteroatoms. The molecule has 2 aliphatic rings. The van der Waals surface area contributed by atoms with Gasteiger partial charge >= 0.3 is 0 Å². The Morgan fingerprint density at radius 3 is 2.45 bits per heavy atom. The van der Waals surface area contributed by atoms with Gasteiger partial charge in [0.05, 0.1) is 11.4 Å². The number of hydrogen-bond acceptors (Lipinski definition) is 5. The fourth-order valence-electron chi connectivity index (χ4n) is 4.01. The van der Waals surface area contributed by atoms with Crippen molar-refractivity contribution in [3.8, 4) is 11.5 Å². The van der Waals surface area contributed by atoms with Crippen molar-refractivity contribution in [1.29, 1.82) is 0 Å². The first-order chi connectivity index (χ1) is 15.1. The molecule has 0 radical (unpaired) electrons. The number of ether oxygens (including phenoxy) is 2. The monoisotopic (exact) mass is 413 g/mol. The van der Waals surface area contributed by atoms with Crippen LogP contribution in [0, 0.1) is 0 Å². The van der Waals surface area contributed by atoms with Gasteiger partial charge in [0.15, 0.2) is 11.5 Å². The smallest absolute Gasteiger partial charge is 0.238 e. The molecule has 0 saturated heterocycles. The molecule has 3 aromatic rings. The molecule has 0 aromatic heterocycles. The van der Waals surface area contributed by atoms with E-state index in [-0.39, 0.29) is 12.7 Å². The lowest BCUT2D eigenvalue weighted by atomic mass is 9.90. The van der Waals surface area contributed by atoms with Gasteiger partial charge in [0.1, 0.15) is 5.92 Å². The molecular formula is C25H23N3O3. The highest BCUT2D eigenvalue weighted by Crippen LogP contribution is 2.44. The average Bonchev–Trinajstić information content (AvgIpc) is 3.34. The largest absolute Gasteiger partial charge is 0.454 e. The fraction of sp³-hybridized carbons (Fsp3) is 0.200. The Hall–Kier alpha value is -3.64. The van der Waals surface area contributed by atoms with Crippen molar-refractivity contribution >= 4 is 23.0 Å². The van der Waals surface area contributed by atoms with Crippen molar-refractivity contribution in [2.24, 2.45) is 4.99 Å². The number of nitrogens with zero attached hydrogens (tertiary/aromatic N) is 2. The SMILES string of the molecule is CN(C)Cc1ccc(N=C(c2ccccc2)C2C(=O)Nc3cc4c(cc32)OCO4)cc1. The van der Waals surface area contributed by atoms with E-state index < -0.39 is 5.92 Å². The molecular weight excluding hydrogens is 390 g/mol. The number of carbonyl (C=O) groups is 1. The molecule has 31 heavy (non-hydrogen) atoms. The zero-order chi connectivity index (χ0) is 21.4. The second-order valence-corrected chi connectivity index (χ2v) is 7.98. The van der Waals surface area contributed by atoms with Crippen LogP contribution < -0.4 is 14.8 Å². The molecule has 1 N–H and O–H groups in total. The van der Waals surface area contributed by atoms with Gasteiger partial charge < -0.3 is 19.7 Å². The summed E-state index contributed by atoms with van der Waals surface area (Å²) in [6.45, 7) is 1.05. The highest BCUT2D eigenvalue weighted by atomic mass is 16.7. The van der Waals surface area contributed by atoms with Crippen molar-refractivity contribution < 1.29 is 14.3 Å². The maximum Gasteiger partial charge on any atom is 0.238 e. The molecule has 2 heterocycles. The molecule has 2 aliphatic heterocycles. The summed E-state index contributed by atoms with van der Waals surface area (Å²) in [5, 5.41) is 2.98. The molecule has 1 atom stereocenters. The predicted molar refractivity (Wildman–Crippen MR) is 120 cm³/mol. The molecule has 0 aliphatic carbocycles. The summed E-state index contributed by atoms with van der Waals surface area (Å²) in [7, 11) is 4.09. The van der Waals surface area contributed by atoms with Crippen LogP contribution in [0.5, 0.6) is 11.5 Å². The summed E-state index contributed by atoms with van der Waals surface area (Å²) < 4.78 is 11.0. The number of hydrogen-bond donors (Lipinski definition) is 1. The second-order valence-electron chi connectivity index (χ2n) is 7.98. The van der Waals surface area contributed by atoms with Crippen LogP contribution in [-0.2, 0) is 11.3 Å². The van der Waals surface area contributed by atoms with E-state index in [0.29, 0.717) is 17.2 Å². The maximum atomic E-state index is 13.1. The summed E-state index contributed by atoms with van der Waals surface area (Å²) in [5.74, 6) is 0.661. The Bertz CT molecular complexity index is 1150. The normalized spacial score (nSPS) is 17.1. The summed E-state index contributed by atoms with van der Waals surface area (Å²) >= 11 is 0. The summed E-state index contributed by atoms with van der Waals surface area (Å²) in [4.78, 5) is 20.1. The molecule has 1 amide bonds. The van der Waals surface area contributed by atoms with Gasteiger partial charge in [0.2, 0.25) is 12.7 Å². The molecule has 0 saturated carbocycles. The fourth-order valence-corrected chi connectivity index (χ4v) is 4.01. The van der Waals surface area contributed by atoms with Crippen LogP contribution in [0.2, 0.25) is 0 Å². The lowest BCUT2D eigenvalue weighted by molar-refractivity contribution is -0.115. The molecule has 3 aromatic carbocycles. The summed E-state index contributed by atoms with van der Waals surface area (Å²) in [6.07, 6.45) is 0. The van der Waals surface area contributed by atoms with Crippen molar-refractivity contribution in [1.82, 2.24) is 4.90 Å². The maximum absolute atomic E-state index is 13.1. The number of benzene rings is 3. The minimum Gasteiger partial charge on any atom is -0.454 e. The highest BCUT2D eigenvalue weighted by molar-refractivity contribution is 6.24.